The highest BCUT2D eigenvalue weighted by Crippen LogP contribution is 2.27. The molecule has 1 saturated heterocycles. The zero-order chi connectivity index (χ0) is 22.0. The molecule has 1 N–H and O–H groups in total. The van der Waals surface area contributed by atoms with Gasteiger partial charge in [0.2, 0.25) is 0 Å². The monoisotopic (exact) mass is 424 g/mol. The number of benzene rings is 2. The van der Waals surface area contributed by atoms with Crippen molar-refractivity contribution in [1.82, 2.24) is 9.80 Å². The summed E-state index contributed by atoms with van der Waals surface area (Å²) in [5.41, 5.74) is 2.05. The first-order valence-corrected chi connectivity index (χ1v) is 10.5. The number of hydrogen-bond acceptors (Lipinski definition) is 5. The zero-order valence-corrected chi connectivity index (χ0v) is 17.4. The summed E-state index contributed by atoms with van der Waals surface area (Å²) in [6, 6.07) is 10.5. The largest absolute Gasteiger partial charge is 0.508 e. The van der Waals surface area contributed by atoms with Gasteiger partial charge in [0.15, 0.2) is 0 Å². The third-order valence-electron chi connectivity index (χ3n) is 5.77. The Morgan fingerprint density at radius 2 is 1.84 bits per heavy atom. The van der Waals surface area contributed by atoms with Crippen molar-refractivity contribution in [1.29, 1.82) is 0 Å². The molecule has 31 heavy (non-hydrogen) atoms. The molecule has 7 heteroatoms. The minimum absolute atomic E-state index is 0.101. The lowest BCUT2D eigenvalue weighted by molar-refractivity contribution is 0.0761. The molecule has 162 valence electrons. The molecule has 0 saturated carbocycles. The molecule has 2 heterocycles. The third kappa shape index (κ3) is 4.61. The number of amides is 1. The maximum absolute atomic E-state index is 13.2. The number of carbonyl (C=O) groups is 1. The van der Waals surface area contributed by atoms with Crippen LogP contribution in [0.2, 0.25) is 0 Å². The summed E-state index contributed by atoms with van der Waals surface area (Å²) < 4.78 is 18.4. The van der Waals surface area contributed by atoms with Crippen molar-refractivity contribution in [3.8, 4) is 5.75 Å². The van der Waals surface area contributed by atoms with Crippen LogP contribution in [-0.2, 0) is 13.0 Å². The van der Waals surface area contributed by atoms with Gasteiger partial charge in [0.1, 0.15) is 17.1 Å². The Hall–Kier alpha value is -3.19. The number of phenolic OH excluding ortho intramolecular Hbond substituents is 1. The minimum atomic E-state index is -0.450. The SMILES string of the molecule is CCc1cc2c(CN3CCCN(C(=O)c4ccc(F)cc4)CC3)cc(=O)oc2cc1O. The van der Waals surface area contributed by atoms with Crippen LogP contribution in [0.4, 0.5) is 4.39 Å². The molecule has 3 aromatic rings. The third-order valence-corrected chi connectivity index (χ3v) is 5.77. The van der Waals surface area contributed by atoms with Gasteiger partial charge in [-0.05, 0) is 54.3 Å². The Labute approximate surface area is 179 Å². The van der Waals surface area contributed by atoms with Gasteiger partial charge < -0.3 is 14.4 Å². The fourth-order valence-corrected chi connectivity index (χ4v) is 4.07. The molecule has 1 aromatic heterocycles. The fourth-order valence-electron chi connectivity index (χ4n) is 4.07. The first kappa shape index (κ1) is 21.1. The standard InChI is InChI=1S/C24H25FN2O4/c1-2-16-12-20-18(13-23(29)31-22(20)14-21(16)28)15-26-8-3-9-27(11-10-26)24(30)17-4-6-19(25)7-5-17/h4-7,12-14,28H,2-3,8-11,15H2,1H3. The van der Waals surface area contributed by atoms with Crippen LogP contribution in [0.5, 0.6) is 5.75 Å². The smallest absolute Gasteiger partial charge is 0.336 e. The van der Waals surface area contributed by atoms with Crippen LogP contribution in [0.25, 0.3) is 11.0 Å². The van der Waals surface area contributed by atoms with E-state index >= 15 is 0 Å². The summed E-state index contributed by atoms with van der Waals surface area (Å²) >= 11 is 0. The van der Waals surface area contributed by atoms with Crippen molar-refractivity contribution in [3.63, 3.8) is 0 Å². The number of aromatic hydroxyl groups is 1. The number of fused-ring (bicyclic) bond motifs is 1. The summed E-state index contributed by atoms with van der Waals surface area (Å²) in [6.07, 6.45) is 1.47. The first-order valence-electron chi connectivity index (χ1n) is 10.5. The van der Waals surface area contributed by atoms with E-state index in [0.29, 0.717) is 43.7 Å². The van der Waals surface area contributed by atoms with Gasteiger partial charge in [0.25, 0.3) is 5.91 Å². The number of carbonyl (C=O) groups excluding carboxylic acids is 1. The highest BCUT2D eigenvalue weighted by Gasteiger charge is 2.21. The molecule has 0 unspecified atom stereocenters. The van der Waals surface area contributed by atoms with Gasteiger partial charge in [0, 0.05) is 55.8 Å². The van der Waals surface area contributed by atoms with Gasteiger partial charge in [-0.15, -0.1) is 0 Å². The molecule has 1 fully saturated rings. The van der Waals surface area contributed by atoms with Crippen molar-refractivity contribution < 1.29 is 18.7 Å². The molecule has 4 rings (SSSR count). The van der Waals surface area contributed by atoms with E-state index in [4.69, 9.17) is 4.42 Å². The number of rotatable bonds is 4. The Kier molecular flexibility index (Phi) is 6.04. The van der Waals surface area contributed by atoms with Crippen LogP contribution < -0.4 is 5.63 Å². The number of phenols is 1. The minimum Gasteiger partial charge on any atom is -0.508 e. The van der Waals surface area contributed by atoms with Crippen LogP contribution in [0.15, 0.2) is 51.7 Å². The fraction of sp³-hybridized carbons (Fsp3) is 0.333. The van der Waals surface area contributed by atoms with Crippen LogP contribution in [0.3, 0.4) is 0 Å². The summed E-state index contributed by atoms with van der Waals surface area (Å²) in [6.45, 7) is 5.13. The zero-order valence-electron chi connectivity index (χ0n) is 17.4. The van der Waals surface area contributed by atoms with Crippen LogP contribution >= 0.6 is 0 Å². The number of halogens is 1. The Bertz CT molecular complexity index is 1160. The molecule has 0 aliphatic carbocycles. The van der Waals surface area contributed by atoms with E-state index in [9.17, 15) is 19.1 Å². The maximum Gasteiger partial charge on any atom is 0.336 e. The van der Waals surface area contributed by atoms with Crippen molar-refractivity contribution in [2.24, 2.45) is 0 Å². The summed E-state index contributed by atoms with van der Waals surface area (Å²) in [7, 11) is 0. The van der Waals surface area contributed by atoms with Crippen molar-refractivity contribution >= 4 is 16.9 Å². The van der Waals surface area contributed by atoms with E-state index in [2.05, 4.69) is 4.90 Å². The average Bonchev–Trinajstić information content (AvgIpc) is 2.99. The number of aryl methyl sites for hydroxylation is 1. The predicted molar refractivity (Wildman–Crippen MR) is 116 cm³/mol. The average molecular weight is 424 g/mol. The Morgan fingerprint density at radius 3 is 2.58 bits per heavy atom. The Balaban J connectivity index is 1.52. The summed E-state index contributed by atoms with van der Waals surface area (Å²) in [5.74, 6) is -0.339. The van der Waals surface area contributed by atoms with Crippen LogP contribution in [0, 0.1) is 5.82 Å². The van der Waals surface area contributed by atoms with Crippen LogP contribution in [-0.4, -0.2) is 47.0 Å². The van der Waals surface area contributed by atoms with Crippen molar-refractivity contribution in [3.05, 3.63) is 75.4 Å². The van der Waals surface area contributed by atoms with Crippen molar-refractivity contribution in [2.75, 3.05) is 26.2 Å². The molecule has 1 amide bonds. The molecule has 1 aliphatic rings. The van der Waals surface area contributed by atoms with Gasteiger partial charge in [-0.25, -0.2) is 9.18 Å². The van der Waals surface area contributed by atoms with Crippen molar-refractivity contribution in [2.45, 2.75) is 26.3 Å². The first-order chi connectivity index (χ1) is 14.9. The van der Waals surface area contributed by atoms with E-state index in [1.807, 2.05) is 13.0 Å². The second-order valence-electron chi connectivity index (χ2n) is 7.85. The maximum atomic E-state index is 13.2. The molecule has 2 aromatic carbocycles. The molecule has 0 bridgehead atoms. The molecular weight excluding hydrogens is 399 g/mol. The lowest BCUT2D eigenvalue weighted by Crippen LogP contribution is -2.35. The normalized spacial score (nSPS) is 15.2. The second-order valence-corrected chi connectivity index (χ2v) is 7.85. The molecule has 1 aliphatic heterocycles. The lowest BCUT2D eigenvalue weighted by Gasteiger charge is -2.22. The topological polar surface area (TPSA) is 74.0 Å². The van der Waals surface area contributed by atoms with E-state index in [1.165, 1.54) is 36.4 Å². The highest BCUT2D eigenvalue weighted by atomic mass is 19.1. The molecular formula is C24H25FN2O4. The molecule has 0 atom stereocenters. The number of nitrogens with zero attached hydrogens (tertiary/aromatic N) is 2. The van der Waals surface area contributed by atoms with Crippen LogP contribution in [0.1, 0.15) is 34.8 Å². The van der Waals surface area contributed by atoms with E-state index < -0.39 is 5.63 Å². The molecule has 0 radical (unpaired) electrons. The quantitative estimate of drug-likeness (QED) is 0.649. The lowest BCUT2D eigenvalue weighted by atomic mass is 10.0. The predicted octanol–water partition coefficient (Wildman–Crippen LogP) is 3.55. The second kappa shape index (κ2) is 8.89. The number of hydrogen-bond donors (Lipinski definition) is 1. The van der Waals surface area contributed by atoms with Gasteiger partial charge in [-0.1, -0.05) is 6.92 Å². The molecule has 0 spiro atoms. The van der Waals surface area contributed by atoms with E-state index in [0.717, 1.165) is 29.5 Å². The Morgan fingerprint density at radius 1 is 1.06 bits per heavy atom. The summed E-state index contributed by atoms with van der Waals surface area (Å²) in [5, 5.41) is 10.9. The molecule has 6 nitrogen and oxygen atoms in total. The summed E-state index contributed by atoms with van der Waals surface area (Å²) in [4.78, 5) is 28.8. The van der Waals surface area contributed by atoms with E-state index in [-0.39, 0.29) is 17.5 Å². The van der Waals surface area contributed by atoms with Gasteiger partial charge in [-0.3, -0.25) is 9.69 Å². The van der Waals surface area contributed by atoms with Gasteiger partial charge >= 0.3 is 5.63 Å². The van der Waals surface area contributed by atoms with Gasteiger partial charge in [0.05, 0.1) is 0 Å². The van der Waals surface area contributed by atoms with E-state index in [1.54, 1.807) is 4.90 Å². The van der Waals surface area contributed by atoms with Gasteiger partial charge in [-0.2, -0.15) is 0 Å². The highest BCUT2D eigenvalue weighted by molar-refractivity contribution is 5.94.